The second-order valence-electron chi connectivity index (χ2n) is 5.04. The summed E-state index contributed by atoms with van der Waals surface area (Å²) in [7, 11) is 1.96. The predicted octanol–water partition coefficient (Wildman–Crippen LogP) is 2.33. The molecule has 0 aliphatic rings. The van der Waals surface area contributed by atoms with E-state index in [1.54, 1.807) is 0 Å². The van der Waals surface area contributed by atoms with Gasteiger partial charge in [-0.25, -0.2) is 0 Å². The summed E-state index contributed by atoms with van der Waals surface area (Å²) in [5, 5.41) is 3.17. The van der Waals surface area contributed by atoms with Gasteiger partial charge in [0.25, 0.3) is 0 Å². The fraction of sp³-hybridized carbons (Fsp3) is 0.769. The van der Waals surface area contributed by atoms with Gasteiger partial charge in [0, 0.05) is 19.6 Å². The third kappa shape index (κ3) is 4.89. The summed E-state index contributed by atoms with van der Waals surface area (Å²) in [4.78, 5) is 15.0. The third-order valence-electron chi connectivity index (χ3n) is 2.57. The Balaban J connectivity index is 3.01. The van der Waals surface area contributed by atoms with Crippen LogP contribution in [0.3, 0.4) is 0 Å². The number of anilines is 2. The van der Waals surface area contributed by atoms with Crippen LogP contribution >= 0.6 is 0 Å². The number of hydrogen-bond donors (Lipinski definition) is 1. The summed E-state index contributed by atoms with van der Waals surface area (Å²) in [6.45, 7) is 11.0. The van der Waals surface area contributed by atoms with Crippen molar-refractivity contribution in [2.24, 2.45) is 0 Å². The van der Waals surface area contributed by atoms with Gasteiger partial charge in [-0.1, -0.05) is 6.92 Å². The van der Waals surface area contributed by atoms with Crippen LogP contribution in [0.15, 0.2) is 0 Å². The molecule has 0 aromatic carbocycles. The SMILES string of the molecule is CCCNc1nc(OC(C)C)nc(N(C)C(C)C)n1. The average Bonchev–Trinajstić information content (AvgIpc) is 2.34. The van der Waals surface area contributed by atoms with E-state index in [1.165, 1.54) is 0 Å². The first kappa shape index (κ1) is 15.5. The van der Waals surface area contributed by atoms with Crippen LogP contribution in [-0.4, -0.2) is 40.7 Å². The van der Waals surface area contributed by atoms with E-state index in [0.717, 1.165) is 13.0 Å². The van der Waals surface area contributed by atoms with Crippen molar-refractivity contribution in [2.45, 2.75) is 53.2 Å². The van der Waals surface area contributed by atoms with Crippen molar-refractivity contribution in [1.82, 2.24) is 15.0 Å². The Morgan fingerprint density at radius 2 is 1.84 bits per heavy atom. The van der Waals surface area contributed by atoms with Crippen LogP contribution in [0, 0.1) is 0 Å². The standard InChI is InChI=1S/C13H25N5O/c1-7-8-14-11-15-12(18(6)9(2)3)17-13(16-11)19-10(4)5/h9-10H,7-8H2,1-6H3,(H,14,15,16,17). The van der Waals surface area contributed by atoms with Crippen molar-refractivity contribution in [3.05, 3.63) is 0 Å². The maximum Gasteiger partial charge on any atom is 0.323 e. The Labute approximate surface area is 115 Å². The molecule has 0 amide bonds. The molecule has 108 valence electrons. The van der Waals surface area contributed by atoms with Gasteiger partial charge in [0.05, 0.1) is 6.10 Å². The number of hydrogen-bond acceptors (Lipinski definition) is 6. The number of aromatic nitrogens is 3. The quantitative estimate of drug-likeness (QED) is 0.818. The molecule has 0 unspecified atom stereocenters. The first-order chi connectivity index (χ1) is 8.93. The number of rotatable bonds is 7. The van der Waals surface area contributed by atoms with Gasteiger partial charge in [-0.05, 0) is 34.1 Å². The Morgan fingerprint density at radius 3 is 2.37 bits per heavy atom. The molecule has 1 N–H and O–H groups in total. The Kier molecular flexibility index (Phi) is 5.79. The lowest BCUT2D eigenvalue weighted by Gasteiger charge is -2.22. The molecular weight excluding hydrogens is 242 g/mol. The van der Waals surface area contributed by atoms with Crippen LogP contribution in [0.1, 0.15) is 41.0 Å². The van der Waals surface area contributed by atoms with E-state index in [-0.39, 0.29) is 6.10 Å². The lowest BCUT2D eigenvalue weighted by atomic mass is 10.4. The summed E-state index contributed by atoms with van der Waals surface area (Å²) in [6.07, 6.45) is 1.06. The fourth-order valence-corrected chi connectivity index (χ4v) is 1.31. The maximum atomic E-state index is 5.58. The van der Waals surface area contributed by atoms with E-state index >= 15 is 0 Å². The molecule has 6 nitrogen and oxygen atoms in total. The largest absolute Gasteiger partial charge is 0.461 e. The summed E-state index contributed by atoms with van der Waals surface area (Å²) in [5.41, 5.74) is 0. The van der Waals surface area contributed by atoms with E-state index in [4.69, 9.17) is 4.74 Å². The minimum atomic E-state index is 0.0404. The first-order valence-electron chi connectivity index (χ1n) is 6.83. The smallest absolute Gasteiger partial charge is 0.323 e. The molecule has 6 heteroatoms. The van der Waals surface area contributed by atoms with Gasteiger partial charge in [0.2, 0.25) is 11.9 Å². The Morgan fingerprint density at radius 1 is 1.16 bits per heavy atom. The van der Waals surface area contributed by atoms with Gasteiger partial charge in [-0.3, -0.25) is 0 Å². The fourth-order valence-electron chi connectivity index (χ4n) is 1.31. The minimum Gasteiger partial charge on any atom is -0.461 e. The van der Waals surface area contributed by atoms with Crippen molar-refractivity contribution in [3.63, 3.8) is 0 Å². The Bertz CT molecular complexity index is 395. The van der Waals surface area contributed by atoms with Crippen molar-refractivity contribution in [3.8, 4) is 6.01 Å². The highest BCUT2D eigenvalue weighted by molar-refractivity contribution is 5.38. The molecule has 0 atom stereocenters. The second kappa shape index (κ2) is 7.11. The highest BCUT2D eigenvalue weighted by Crippen LogP contribution is 2.16. The highest BCUT2D eigenvalue weighted by atomic mass is 16.5. The maximum absolute atomic E-state index is 5.58. The van der Waals surface area contributed by atoms with Gasteiger partial charge in [0.15, 0.2) is 0 Å². The summed E-state index contributed by atoms with van der Waals surface area (Å²) < 4.78 is 5.58. The number of nitrogens with zero attached hydrogens (tertiary/aromatic N) is 4. The zero-order valence-electron chi connectivity index (χ0n) is 12.8. The lowest BCUT2D eigenvalue weighted by molar-refractivity contribution is 0.222. The molecule has 0 bridgehead atoms. The molecule has 0 aliphatic carbocycles. The highest BCUT2D eigenvalue weighted by Gasteiger charge is 2.13. The van der Waals surface area contributed by atoms with Crippen LogP contribution < -0.4 is 15.0 Å². The number of ether oxygens (including phenoxy) is 1. The monoisotopic (exact) mass is 267 g/mol. The molecule has 0 radical (unpaired) electrons. The molecule has 1 aromatic heterocycles. The van der Waals surface area contributed by atoms with Crippen molar-refractivity contribution < 1.29 is 4.74 Å². The molecule has 0 saturated heterocycles. The molecule has 0 aliphatic heterocycles. The van der Waals surface area contributed by atoms with Gasteiger partial charge >= 0.3 is 6.01 Å². The second-order valence-corrected chi connectivity index (χ2v) is 5.04. The van der Waals surface area contributed by atoms with Gasteiger partial charge in [-0.2, -0.15) is 15.0 Å². The topological polar surface area (TPSA) is 63.2 Å². The zero-order chi connectivity index (χ0) is 14.4. The lowest BCUT2D eigenvalue weighted by Crippen LogP contribution is -2.28. The molecule has 0 saturated carbocycles. The third-order valence-corrected chi connectivity index (χ3v) is 2.57. The number of nitrogens with one attached hydrogen (secondary N) is 1. The predicted molar refractivity (Wildman–Crippen MR) is 77.9 cm³/mol. The summed E-state index contributed by atoms with van der Waals surface area (Å²) in [6, 6.07) is 0.680. The van der Waals surface area contributed by atoms with E-state index in [9.17, 15) is 0 Å². The van der Waals surface area contributed by atoms with Crippen LogP contribution in [0.2, 0.25) is 0 Å². The molecule has 1 rings (SSSR count). The first-order valence-corrected chi connectivity index (χ1v) is 6.83. The van der Waals surface area contributed by atoms with Crippen LogP contribution in [-0.2, 0) is 0 Å². The molecule has 1 heterocycles. The normalized spacial score (nSPS) is 10.9. The molecule has 0 fully saturated rings. The molecular formula is C13H25N5O. The van der Waals surface area contributed by atoms with Crippen molar-refractivity contribution >= 4 is 11.9 Å². The van der Waals surface area contributed by atoms with E-state index in [0.29, 0.717) is 23.9 Å². The summed E-state index contributed by atoms with van der Waals surface area (Å²) in [5.74, 6) is 1.19. The van der Waals surface area contributed by atoms with Crippen LogP contribution in [0.4, 0.5) is 11.9 Å². The molecule has 1 aromatic rings. The van der Waals surface area contributed by atoms with Crippen LogP contribution in [0.25, 0.3) is 0 Å². The Hall–Kier alpha value is -1.59. The van der Waals surface area contributed by atoms with Gasteiger partial charge in [0.1, 0.15) is 0 Å². The van der Waals surface area contributed by atoms with E-state index < -0.39 is 0 Å². The van der Waals surface area contributed by atoms with E-state index in [2.05, 4.69) is 41.0 Å². The van der Waals surface area contributed by atoms with E-state index in [1.807, 2.05) is 25.8 Å². The zero-order valence-corrected chi connectivity index (χ0v) is 12.8. The van der Waals surface area contributed by atoms with Gasteiger partial charge < -0.3 is 15.0 Å². The van der Waals surface area contributed by atoms with Gasteiger partial charge in [-0.15, -0.1) is 0 Å². The van der Waals surface area contributed by atoms with Crippen molar-refractivity contribution in [2.75, 3.05) is 23.8 Å². The summed E-state index contributed by atoms with van der Waals surface area (Å²) >= 11 is 0. The molecule has 0 spiro atoms. The van der Waals surface area contributed by atoms with Crippen molar-refractivity contribution in [1.29, 1.82) is 0 Å². The average molecular weight is 267 g/mol. The molecule has 19 heavy (non-hydrogen) atoms. The van der Waals surface area contributed by atoms with Crippen LogP contribution in [0.5, 0.6) is 6.01 Å². The minimum absolute atomic E-state index is 0.0404.